The first-order chi connectivity index (χ1) is 11.7. The summed E-state index contributed by atoms with van der Waals surface area (Å²) in [4.78, 5) is 14.9. The number of nitrogens with one attached hydrogen (secondary N) is 1. The number of ether oxygens (including phenoxy) is 1. The van der Waals surface area contributed by atoms with E-state index in [0.29, 0.717) is 16.8 Å². The highest BCUT2D eigenvalue weighted by atomic mass is 32.1. The zero-order valence-electron chi connectivity index (χ0n) is 12.7. The van der Waals surface area contributed by atoms with Crippen molar-refractivity contribution in [3.8, 4) is 34.8 Å². The molecule has 6 heteroatoms. The number of aromatic hydroxyl groups is 1. The molecule has 0 amide bonds. The number of aromatic nitrogens is 1. The predicted molar refractivity (Wildman–Crippen MR) is 93.0 cm³/mol. The molecule has 1 aromatic carbocycles. The van der Waals surface area contributed by atoms with E-state index in [-0.39, 0.29) is 11.3 Å². The van der Waals surface area contributed by atoms with Crippen LogP contribution in [0.15, 0.2) is 34.4 Å². The fourth-order valence-electron chi connectivity index (χ4n) is 2.34. The predicted octanol–water partition coefficient (Wildman–Crippen LogP) is 2.83. The van der Waals surface area contributed by atoms with Crippen molar-refractivity contribution >= 4 is 21.6 Å². The van der Waals surface area contributed by atoms with E-state index in [1.165, 1.54) is 11.3 Å². The molecule has 0 aliphatic heterocycles. The summed E-state index contributed by atoms with van der Waals surface area (Å²) in [7, 11) is 1.59. The molecule has 3 rings (SSSR count). The van der Waals surface area contributed by atoms with Crippen LogP contribution in [0.5, 0.6) is 5.75 Å². The summed E-state index contributed by atoms with van der Waals surface area (Å²) < 4.78 is 4.88. The van der Waals surface area contributed by atoms with Gasteiger partial charge in [0.15, 0.2) is 5.56 Å². The van der Waals surface area contributed by atoms with E-state index in [1.54, 1.807) is 13.2 Å². The Morgan fingerprint density at radius 3 is 2.75 bits per heavy atom. The minimum atomic E-state index is -0.584. The second-order valence-electron chi connectivity index (χ2n) is 4.96. The summed E-state index contributed by atoms with van der Waals surface area (Å²) in [5.74, 6) is 5.58. The van der Waals surface area contributed by atoms with Crippen molar-refractivity contribution in [1.29, 1.82) is 5.26 Å². The number of aromatic amines is 1. The molecule has 0 saturated heterocycles. The molecule has 0 bridgehead atoms. The summed E-state index contributed by atoms with van der Waals surface area (Å²) in [5, 5.41) is 21.7. The van der Waals surface area contributed by atoms with Crippen LogP contribution in [0.4, 0.5) is 0 Å². The van der Waals surface area contributed by atoms with Crippen molar-refractivity contribution in [2.45, 2.75) is 0 Å². The van der Waals surface area contributed by atoms with E-state index in [4.69, 9.17) is 10.00 Å². The fourth-order valence-corrected chi connectivity index (χ4v) is 3.31. The maximum Gasteiger partial charge on any atom is 0.270 e. The summed E-state index contributed by atoms with van der Waals surface area (Å²) in [5.41, 5.74) is 1.62. The zero-order chi connectivity index (χ0) is 17.1. The minimum Gasteiger partial charge on any atom is -0.506 e. The second-order valence-corrected chi connectivity index (χ2v) is 5.83. The van der Waals surface area contributed by atoms with Crippen LogP contribution in [0, 0.1) is 23.2 Å². The van der Waals surface area contributed by atoms with Crippen LogP contribution < -0.4 is 5.56 Å². The van der Waals surface area contributed by atoms with Crippen LogP contribution in [0.3, 0.4) is 0 Å². The molecule has 2 N–H and O–H groups in total. The van der Waals surface area contributed by atoms with E-state index in [1.807, 2.05) is 29.6 Å². The molecule has 2 heterocycles. The Morgan fingerprint density at radius 2 is 2.08 bits per heavy atom. The van der Waals surface area contributed by atoms with Gasteiger partial charge < -0.3 is 14.8 Å². The fraction of sp³-hybridized carbons (Fsp3) is 0.111. The van der Waals surface area contributed by atoms with Crippen molar-refractivity contribution in [3.05, 3.63) is 51.1 Å². The number of nitrogens with zero attached hydrogens (tertiary/aromatic N) is 1. The third kappa shape index (κ3) is 2.77. The van der Waals surface area contributed by atoms with Gasteiger partial charge in [0.1, 0.15) is 23.3 Å². The number of H-pyrrole nitrogens is 1. The first-order valence-electron chi connectivity index (χ1n) is 7.00. The number of benzene rings is 1. The maximum absolute atomic E-state index is 11.7. The number of fused-ring (bicyclic) bond motifs is 1. The highest BCUT2D eigenvalue weighted by Gasteiger charge is 2.17. The number of pyridine rings is 1. The van der Waals surface area contributed by atoms with Crippen LogP contribution in [0.25, 0.3) is 21.3 Å². The molecule has 118 valence electrons. The van der Waals surface area contributed by atoms with E-state index in [0.717, 1.165) is 16.7 Å². The Labute approximate surface area is 141 Å². The summed E-state index contributed by atoms with van der Waals surface area (Å²) in [6.07, 6.45) is 0. The molecule has 0 aliphatic rings. The van der Waals surface area contributed by atoms with Crippen LogP contribution in [0.2, 0.25) is 0 Å². The van der Waals surface area contributed by atoms with Crippen molar-refractivity contribution in [1.82, 2.24) is 4.98 Å². The summed E-state index contributed by atoms with van der Waals surface area (Å²) in [6.45, 7) is 0.370. The van der Waals surface area contributed by atoms with Gasteiger partial charge in [-0.2, -0.15) is 5.26 Å². The standard InChI is InChI=1S/C18H12N2O3S/c1-23-8-2-3-11-4-6-12(7-5-11)14-10-24-18-15(14)16(21)13(9-19)17(22)20-18/h4-7,10H,8H2,1H3,(H2,20,21,22). The third-order valence-electron chi connectivity index (χ3n) is 3.48. The van der Waals surface area contributed by atoms with Crippen LogP contribution in [-0.4, -0.2) is 23.8 Å². The van der Waals surface area contributed by atoms with Crippen molar-refractivity contribution in [3.63, 3.8) is 0 Å². The Balaban J connectivity index is 2.09. The van der Waals surface area contributed by atoms with E-state index in [9.17, 15) is 9.90 Å². The van der Waals surface area contributed by atoms with E-state index >= 15 is 0 Å². The van der Waals surface area contributed by atoms with E-state index in [2.05, 4.69) is 16.8 Å². The number of thiophene rings is 1. The van der Waals surface area contributed by atoms with Gasteiger partial charge in [0.05, 0.1) is 5.39 Å². The van der Waals surface area contributed by atoms with Gasteiger partial charge in [0, 0.05) is 23.6 Å². The van der Waals surface area contributed by atoms with E-state index < -0.39 is 5.56 Å². The van der Waals surface area contributed by atoms with Gasteiger partial charge in [0.2, 0.25) is 0 Å². The Hall–Kier alpha value is -3.06. The average Bonchev–Trinajstić information content (AvgIpc) is 3.00. The Kier molecular flexibility index (Phi) is 4.35. The number of nitriles is 1. The molecule has 24 heavy (non-hydrogen) atoms. The molecule has 0 radical (unpaired) electrons. The molecule has 5 nitrogen and oxygen atoms in total. The number of hydrogen-bond acceptors (Lipinski definition) is 5. The van der Waals surface area contributed by atoms with Gasteiger partial charge >= 0.3 is 0 Å². The third-order valence-corrected chi connectivity index (χ3v) is 4.37. The molecule has 0 aliphatic carbocycles. The lowest BCUT2D eigenvalue weighted by Gasteiger charge is -2.03. The van der Waals surface area contributed by atoms with Crippen LogP contribution in [-0.2, 0) is 4.74 Å². The molecule has 3 aromatic rings. The van der Waals surface area contributed by atoms with Gasteiger partial charge in [0.25, 0.3) is 5.56 Å². The highest BCUT2D eigenvalue weighted by molar-refractivity contribution is 7.17. The van der Waals surface area contributed by atoms with Crippen LogP contribution >= 0.6 is 11.3 Å². The Bertz CT molecular complexity index is 1060. The molecule has 2 aromatic heterocycles. The molecule has 0 atom stereocenters. The van der Waals surface area contributed by atoms with Crippen LogP contribution in [0.1, 0.15) is 11.1 Å². The maximum atomic E-state index is 11.7. The van der Waals surface area contributed by atoms with Crippen molar-refractivity contribution in [2.75, 3.05) is 13.7 Å². The molecular formula is C18H12N2O3S. The van der Waals surface area contributed by atoms with Gasteiger partial charge in [-0.15, -0.1) is 11.3 Å². The number of hydrogen-bond donors (Lipinski definition) is 2. The lowest BCUT2D eigenvalue weighted by atomic mass is 10.0. The largest absolute Gasteiger partial charge is 0.506 e. The molecule has 0 spiro atoms. The number of methoxy groups -OCH3 is 1. The highest BCUT2D eigenvalue weighted by Crippen LogP contribution is 2.38. The monoisotopic (exact) mass is 336 g/mol. The Morgan fingerprint density at radius 1 is 1.33 bits per heavy atom. The first-order valence-corrected chi connectivity index (χ1v) is 7.88. The summed E-state index contributed by atoms with van der Waals surface area (Å²) >= 11 is 1.31. The molecule has 0 fully saturated rings. The first kappa shape index (κ1) is 15.8. The molecule has 0 unspecified atom stereocenters. The van der Waals surface area contributed by atoms with Gasteiger partial charge in [-0.25, -0.2) is 0 Å². The van der Waals surface area contributed by atoms with Gasteiger partial charge in [-0.3, -0.25) is 4.79 Å². The van der Waals surface area contributed by atoms with Crippen molar-refractivity contribution in [2.24, 2.45) is 0 Å². The van der Waals surface area contributed by atoms with Gasteiger partial charge in [-0.1, -0.05) is 24.0 Å². The SMILES string of the molecule is COCC#Cc1ccc(-c2csc3[nH]c(=O)c(C#N)c(O)c23)cc1. The molecular weight excluding hydrogens is 324 g/mol. The topological polar surface area (TPSA) is 86.1 Å². The minimum absolute atomic E-state index is 0.274. The normalized spacial score (nSPS) is 10.2. The smallest absolute Gasteiger partial charge is 0.270 e. The summed E-state index contributed by atoms with van der Waals surface area (Å²) in [6, 6.07) is 9.25. The van der Waals surface area contributed by atoms with Gasteiger partial charge in [-0.05, 0) is 17.7 Å². The zero-order valence-corrected chi connectivity index (χ0v) is 13.5. The van der Waals surface area contributed by atoms with Crippen molar-refractivity contribution < 1.29 is 9.84 Å². The number of rotatable bonds is 2. The lowest BCUT2D eigenvalue weighted by Crippen LogP contribution is -2.09. The average molecular weight is 336 g/mol. The lowest BCUT2D eigenvalue weighted by molar-refractivity contribution is 0.240. The quantitative estimate of drug-likeness (QED) is 0.705. The second kappa shape index (κ2) is 6.59. The molecule has 0 saturated carbocycles.